The molecule has 84 heavy (non-hydrogen) atoms. The Bertz CT molecular complexity index is 3160. The fraction of sp³-hybridized carbons (Fsp3) is 0.569. The molecule has 0 spiro atoms. The first kappa shape index (κ1) is 63.9. The molecule has 454 valence electrons. The third-order valence-electron chi connectivity index (χ3n) is 16.9. The second-order valence-corrected chi connectivity index (χ2v) is 28.3. The number of anilines is 1. The summed E-state index contributed by atoms with van der Waals surface area (Å²) in [6.45, 7) is 22.8. The number of hydrogen-bond donors (Lipinski definition) is 2. The Kier molecular flexibility index (Phi) is 21.9. The van der Waals surface area contributed by atoms with Crippen molar-refractivity contribution in [3.63, 3.8) is 0 Å². The first-order chi connectivity index (χ1) is 40.0. The van der Waals surface area contributed by atoms with Gasteiger partial charge >= 0.3 is 0 Å². The Hall–Kier alpha value is -6.15. The number of likely N-dealkylation sites (tertiary alicyclic amines) is 1. The van der Waals surface area contributed by atoms with Crippen LogP contribution < -0.4 is 15.0 Å². The number of aliphatic hydroxyl groups is 1. The van der Waals surface area contributed by atoms with Crippen molar-refractivity contribution in [3.8, 4) is 16.2 Å². The lowest BCUT2D eigenvalue weighted by atomic mass is 9.76. The molecule has 2 aromatic heterocycles. The molecular formula is C65H89N9O8S2. The number of ketones is 1. The Morgan fingerprint density at radius 3 is 2.11 bits per heavy atom. The van der Waals surface area contributed by atoms with Crippen LogP contribution >= 0.6 is 11.3 Å². The topological polar surface area (TPSA) is 208 Å². The molecule has 0 unspecified atom stereocenters. The highest BCUT2D eigenvalue weighted by atomic mass is 32.2. The quantitative estimate of drug-likeness (QED) is 0.0522. The smallest absolute Gasteiger partial charge is 0.243 e. The predicted octanol–water partition coefficient (Wildman–Crippen LogP) is 9.51. The number of β-amino-alcohol motifs (C(OH)–C–C–N with tert-alkyl or cyclic N) is 1. The summed E-state index contributed by atoms with van der Waals surface area (Å²) in [5, 5.41) is 13.1. The van der Waals surface area contributed by atoms with Crippen LogP contribution in [0.1, 0.15) is 159 Å². The lowest BCUT2D eigenvalue weighted by Crippen LogP contribution is -2.54. The van der Waals surface area contributed by atoms with Crippen molar-refractivity contribution in [1.29, 1.82) is 0 Å². The maximum Gasteiger partial charge on any atom is 0.243 e. The van der Waals surface area contributed by atoms with Gasteiger partial charge in [-0.05, 0) is 107 Å². The van der Waals surface area contributed by atoms with Crippen molar-refractivity contribution in [3.05, 3.63) is 112 Å². The van der Waals surface area contributed by atoms with Gasteiger partial charge in [0.1, 0.15) is 35.6 Å². The molecule has 19 heteroatoms. The molecule has 5 aromatic rings. The van der Waals surface area contributed by atoms with E-state index >= 15 is 0 Å². The van der Waals surface area contributed by atoms with Crippen LogP contribution in [0.2, 0.25) is 0 Å². The van der Waals surface area contributed by atoms with Crippen molar-refractivity contribution >= 4 is 50.4 Å². The van der Waals surface area contributed by atoms with E-state index in [1.807, 2.05) is 88.4 Å². The molecule has 8 rings (SSSR count). The molecule has 3 amide bonds. The van der Waals surface area contributed by atoms with Crippen molar-refractivity contribution in [1.82, 2.24) is 40.0 Å². The number of hydrogen-bond acceptors (Lipinski definition) is 15. The highest BCUT2D eigenvalue weighted by molar-refractivity contribution is 7.92. The first-order valence-corrected chi connectivity index (χ1v) is 32.8. The van der Waals surface area contributed by atoms with Gasteiger partial charge in [0, 0.05) is 120 Å². The molecule has 3 aliphatic rings. The number of nitrogens with zero attached hydrogens (tertiary/aromatic N) is 8. The van der Waals surface area contributed by atoms with E-state index in [-0.39, 0.29) is 62.0 Å². The summed E-state index contributed by atoms with van der Waals surface area (Å²) in [5.41, 5.74) is 8.20. The zero-order chi connectivity index (χ0) is 60.3. The van der Waals surface area contributed by atoms with Gasteiger partial charge in [0.05, 0.1) is 38.4 Å². The summed E-state index contributed by atoms with van der Waals surface area (Å²) >= 11 is 1.59. The largest absolute Gasteiger partial charge is 0.491 e. The molecule has 3 aliphatic heterocycles. The number of sulfone groups is 1. The molecule has 3 atom stereocenters. The molecule has 3 saturated heterocycles. The summed E-state index contributed by atoms with van der Waals surface area (Å²) in [5.74, 6) is 0.919. The summed E-state index contributed by atoms with van der Waals surface area (Å²) in [6.07, 6.45) is 8.78. The number of aliphatic hydroxyl groups excluding tert-OH is 1. The summed E-state index contributed by atoms with van der Waals surface area (Å²) in [4.78, 5) is 82.5. The Balaban J connectivity index is 0.726. The van der Waals surface area contributed by atoms with E-state index in [2.05, 4.69) is 49.1 Å². The average Bonchev–Trinajstić information content (AvgIpc) is 4.06. The van der Waals surface area contributed by atoms with Crippen LogP contribution in [0.25, 0.3) is 10.4 Å². The minimum Gasteiger partial charge on any atom is -0.491 e. The van der Waals surface area contributed by atoms with E-state index in [4.69, 9.17) is 9.72 Å². The lowest BCUT2D eigenvalue weighted by molar-refractivity contribution is -0.146. The van der Waals surface area contributed by atoms with Crippen LogP contribution in [0.5, 0.6) is 5.75 Å². The summed E-state index contributed by atoms with van der Waals surface area (Å²) in [6, 6.07) is 19.0. The average molecular weight is 1190 g/mol. The molecule has 0 bridgehead atoms. The minimum absolute atomic E-state index is 0.0257. The number of piperazine rings is 1. The van der Waals surface area contributed by atoms with Gasteiger partial charge in [-0.15, -0.1) is 11.3 Å². The summed E-state index contributed by atoms with van der Waals surface area (Å²) in [7, 11) is -3.49. The molecule has 2 N–H and O–H groups in total. The van der Waals surface area contributed by atoms with Gasteiger partial charge < -0.3 is 29.9 Å². The maximum absolute atomic E-state index is 14.2. The van der Waals surface area contributed by atoms with Crippen LogP contribution in [-0.4, -0.2) is 147 Å². The number of ether oxygens (including phenoxy) is 1. The number of thiazole rings is 1. The van der Waals surface area contributed by atoms with Crippen LogP contribution in [-0.2, 0) is 48.4 Å². The molecule has 17 nitrogen and oxygen atoms in total. The third kappa shape index (κ3) is 16.6. The number of amides is 3. The van der Waals surface area contributed by atoms with E-state index in [0.29, 0.717) is 47.4 Å². The highest BCUT2D eigenvalue weighted by Gasteiger charge is 2.44. The van der Waals surface area contributed by atoms with E-state index < -0.39 is 38.6 Å². The van der Waals surface area contributed by atoms with E-state index in [0.717, 1.165) is 128 Å². The molecule has 0 saturated carbocycles. The van der Waals surface area contributed by atoms with Gasteiger partial charge in [-0.3, -0.25) is 24.1 Å². The SMILES string of the molecule is Cc1cc(Cc2ncnc(Cc3ccccc3S(=O)(=O)C(C)C)n2)c(OC(C)C)cc1N1CCC(N2CCN(C(=O)CCCCCCCC(=O)C[C@H](C(=O)N3C[C@H](O)C[C@H]3C(=O)NCc3ccc(-c4scnc4C)cc3)C(C)(C)C)CC2)CC1. The molecular weight excluding hydrogens is 1100 g/mol. The Labute approximate surface area is 502 Å². The zero-order valence-corrected chi connectivity index (χ0v) is 52.6. The molecule has 3 fully saturated rings. The number of unbranched alkanes of at least 4 members (excludes halogenated alkanes) is 4. The van der Waals surface area contributed by atoms with E-state index in [1.165, 1.54) is 11.2 Å². The van der Waals surface area contributed by atoms with Gasteiger partial charge in [-0.25, -0.2) is 28.4 Å². The second kappa shape index (κ2) is 28.8. The Morgan fingerprint density at radius 2 is 1.46 bits per heavy atom. The first-order valence-electron chi connectivity index (χ1n) is 30.4. The van der Waals surface area contributed by atoms with Gasteiger partial charge in [0.15, 0.2) is 9.84 Å². The van der Waals surface area contributed by atoms with Crippen LogP contribution in [0.3, 0.4) is 0 Å². The molecule has 5 heterocycles. The number of carbonyl (C=O) groups excluding carboxylic acids is 4. The number of Topliss-reactive ketones (excluding diaryl/α,β-unsaturated/α-hetero) is 1. The molecule has 0 radical (unpaired) electrons. The second-order valence-electron chi connectivity index (χ2n) is 24.9. The third-order valence-corrected chi connectivity index (χ3v) is 20.1. The number of carbonyl (C=O) groups is 4. The maximum atomic E-state index is 14.2. The van der Waals surface area contributed by atoms with Gasteiger partial charge in [0.25, 0.3) is 0 Å². The number of piperidine rings is 1. The van der Waals surface area contributed by atoms with Gasteiger partial charge in [-0.1, -0.05) is 82.5 Å². The predicted molar refractivity (Wildman–Crippen MR) is 330 cm³/mol. The van der Waals surface area contributed by atoms with Crippen molar-refractivity contribution in [2.24, 2.45) is 11.3 Å². The normalized spacial score (nSPS) is 17.7. The van der Waals surface area contributed by atoms with Crippen LogP contribution in [0, 0.1) is 25.2 Å². The van der Waals surface area contributed by atoms with Gasteiger partial charge in [-0.2, -0.15) is 0 Å². The summed E-state index contributed by atoms with van der Waals surface area (Å²) < 4.78 is 32.7. The zero-order valence-electron chi connectivity index (χ0n) is 50.9. The monoisotopic (exact) mass is 1190 g/mol. The number of nitrogens with one attached hydrogen (secondary N) is 1. The molecule has 3 aromatic carbocycles. The van der Waals surface area contributed by atoms with E-state index in [9.17, 15) is 32.7 Å². The standard InChI is InChI=1S/C65H89N9O8S2/c1-43(2)82-57-38-55(45(5)33-50(57)35-60-68-41-67-59(70-60)34-49-17-15-16-19-58(49)84(80,81)44(3)4)72-27-25-51(26-28-72)71-29-31-73(32-30-71)61(77)20-14-12-10-11-13-18-52(75)36-54(65(7,8)9)64(79)74-40-53(76)37-56(74)63(78)66-39-47-21-23-48(24-22-47)62-46(6)69-42-83-62/h15-17,19,21-24,33,38,41-44,51,53-54,56,76H,10-14,18,20,25-32,34-37,39-40H2,1-9H3,(H,66,78)/t53-,54-,56+/m1/s1. The number of aromatic nitrogens is 4. The number of aryl methyl sites for hydroxylation is 2. The lowest BCUT2D eigenvalue weighted by Gasteiger charge is -2.43. The van der Waals surface area contributed by atoms with Crippen molar-refractivity contribution < 1.29 is 37.4 Å². The van der Waals surface area contributed by atoms with Crippen LogP contribution in [0.15, 0.2) is 77.4 Å². The Morgan fingerprint density at radius 1 is 0.810 bits per heavy atom. The number of rotatable bonds is 25. The van der Waals surface area contributed by atoms with Crippen LogP contribution in [0.4, 0.5) is 5.69 Å². The fourth-order valence-electron chi connectivity index (χ4n) is 12.0. The van der Waals surface area contributed by atoms with Crippen molar-refractivity contribution in [2.75, 3.05) is 50.7 Å². The van der Waals surface area contributed by atoms with E-state index in [1.54, 1.807) is 37.3 Å². The minimum atomic E-state index is -3.49. The molecule has 0 aliphatic carbocycles. The fourth-order valence-corrected chi connectivity index (χ4v) is 14.1. The number of benzene rings is 3. The van der Waals surface area contributed by atoms with Crippen molar-refractivity contribution in [2.45, 2.75) is 187 Å². The van der Waals surface area contributed by atoms with Gasteiger partial charge in [0.2, 0.25) is 17.7 Å². The highest BCUT2D eigenvalue weighted by Crippen LogP contribution is 2.36.